The number of aromatic nitrogens is 2. The van der Waals surface area contributed by atoms with Crippen LogP contribution in [0.15, 0.2) is 12.4 Å². The Morgan fingerprint density at radius 3 is 3.00 bits per heavy atom. The molecule has 0 spiro atoms. The van der Waals surface area contributed by atoms with Crippen LogP contribution >= 0.6 is 0 Å². The first kappa shape index (κ1) is 9.52. The highest BCUT2D eigenvalue weighted by atomic mass is 16.5. The van der Waals surface area contributed by atoms with E-state index in [9.17, 15) is 0 Å². The molecule has 0 radical (unpaired) electrons. The van der Waals surface area contributed by atoms with Gasteiger partial charge in [0.15, 0.2) is 5.75 Å². The van der Waals surface area contributed by atoms with Gasteiger partial charge in [-0.1, -0.05) is 0 Å². The first-order valence-electron chi connectivity index (χ1n) is 5.15. The zero-order valence-corrected chi connectivity index (χ0v) is 8.48. The van der Waals surface area contributed by atoms with Gasteiger partial charge < -0.3 is 9.47 Å². The van der Waals surface area contributed by atoms with E-state index in [0.717, 1.165) is 38.3 Å². The molecular weight excluding hydrogens is 180 g/mol. The summed E-state index contributed by atoms with van der Waals surface area (Å²) in [5, 5.41) is 4.16. The number of nitrogens with zero attached hydrogens (tertiary/aromatic N) is 2. The minimum absolute atomic E-state index is 0.304. The fourth-order valence-electron chi connectivity index (χ4n) is 1.56. The maximum atomic E-state index is 5.77. The molecule has 0 aliphatic carbocycles. The van der Waals surface area contributed by atoms with E-state index < -0.39 is 0 Å². The summed E-state index contributed by atoms with van der Waals surface area (Å²) in [6, 6.07) is 0. The Balaban J connectivity index is 1.89. The SMILES string of the molecule is CCn1cc(OC2CCOCC2)cn1. The van der Waals surface area contributed by atoms with Crippen LogP contribution in [0.25, 0.3) is 0 Å². The fraction of sp³-hybridized carbons (Fsp3) is 0.700. The monoisotopic (exact) mass is 196 g/mol. The Morgan fingerprint density at radius 1 is 1.57 bits per heavy atom. The van der Waals surface area contributed by atoms with E-state index in [0.29, 0.717) is 6.10 Å². The van der Waals surface area contributed by atoms with Crippen molar-refractivity contribution in [3.8, 4) is 5.75 Å². The van der Waals surface area contributed by atoms with Crippen molar-refractivity contribution in [3.05, 3.63) is 12.4 Å². The van der Waals surface area contributed by atoms with Crippen molar-refractivity contribution < 1.29 is 9.47 Å². The normalized spacial score (nSPS) is 18.4. The number of hydrogen-bond donors (Lipinski definition) is 0. The lowest BCUT2D eigenvalue weighted by atomic mass is 10.1. The first-order chi connectivity index (χ1) is 6.88. The summed E-state index contributed by atoms with van der Waals surface area (Å²) in [6.45, 7) is 4.57. The Hall–Kier alpha value is -1.03. The molecule has 0 N–H and O–H groups in total. The molecule has 4 nitrogen and oxygen atoms in total. The van der Waals surface area contributed by atoms with Crippen LogP contribution in [0.3, 0.4) is 0 Å². The van der Waals surface area contributed by atoms with Crippen molar-refractivity contribution in [1.29, 1.82) is 0 Å². The van der Waals surface area contributed by atoms with Crippen LogP contribution in [-0.4, -0.2) is 29.1 Å². The summed E-state index contributed by atoms with van der Waals surface area (Å²) < 4.78 is 12.9. The van der Waals surface area contributed by atoms with Crippen LogP contribution in [0.4, 0.5) is 0 Å². The zero-order valence-electron chi connectivity index (χ0n) is 8.48. The Kier molecular flexibility index (Phi) is 3.03. The molecule has 14 heavy (non-hydrogen) atoms. The molecule has 1 aliphatic heterocycles. The minimum Gasteiger partial charge on any atom is -0.487 e. The van der Waals surface area contributed by atoms with E-state index in [1.807, 2.05) is 10.9 Å². The summed E-state index contributed by atoms with van der Waals surface area (Å²) in [5.74, 6) is 0.874. The van der Waals surface area contributed by atoms with E-state index in [1.165, 1.54) is 0 Å². The molecule has 1 aromatic rings. The lowest BCUT2D eigenvalue weighted by molar-refractivity contribution is 0.0255. The maximum Gasteiger partial charge on any atom is 0.157 e. The molecule has 2 heterocycles. The summed E-state index contributed by atoms with van der Waals surface area (Å²) in [4.78, 5) is 0. The van der Waals surface area contributed by atoms with Crippen LogP contribution < -0.4 is 4.74 Å². The van der Waals surface area contributed by atoms with Crippen LogP contribution in [0.2, 0.25) is 0 Å². The lowest BCUT2D eigenvalue weighted by Gasteiger charge is -2.22. The highest BCUT2D eigenvalue weighted by Crippen LogP contribution is 2.16. The van der Waals surface area contributed by atoms with Crippen molar-refractivity contribution in [2.75, 3.05) is 13.2 Å². The van der Waals surface area contributed by atoms with Crippen molar-refractivity contribution in [2.24, 2.45) is 0 Å². The van der Waals surface area contributed by atoms with Gasteiger partial charge in [-0.25, -0.2) is 0 Å². The van der Waals surface area contributed by atoms with Gasteiger partial charge in [-0.3, -0.25) is 4.68 Å². The molecule has 0 atom stereocenters. The molecule has 0 aromatic carbocycles. The third-order valence-electron chi connectivity index (χ3n) is 2.40. The molecule has 0 amide bonds. The lowest BCUT2D eigenvalue weighted by Crippen LogP contribution is -2.25. The van der Waals surface area contributed by atoms with Gasteiger partial charge in [0.2, 0.25) is 0 Å². The van der Waals surface area contributed by atoms with Gasteiger partial charge in [-0.2, -0.15) is 5.10 Å². The summed E-state index contributed by atoms with van der Waals surface area (Å²) in [5.41, 5.74) is 0. The second kappa shape index (κ2) is 4.46. The molecule has 1 fully saturated rings. The second-order valence-corrected chi connectivity index (χ2v) is 3.46. The average molecular weight is 196 g/mol. The highest BCUT2D eigenvalue weighted by molar-refractivity contribution is 5.12. The van der Waals surface area contributed by atoms with E-state index in [4.69, 9.17) is 9.47 Å². The highest BCUT2D eigenvalue weighted by Gasteiger charge is 2.15. The minimum atomic E-state index is 0.304. The molecular formula is C10H16N2O2. The Bertz CT molecular complexity index is 279. The molecule has 0 saturated carbocycles. The van der Waals surface area contributed by atoms with E-state index in [2.05, 4.69) is 12.0 Å². The predicted molar refractivity (Wildman–Crippen MR) is 52.4 cm³/mol. The number of aryl methyl sites for hydroxylation is 1. The molecule has 1 aliphatic rings. The summed E-state index contributed by atoms with van der Waals surface area (Å²) in [6.07, 6.45) is 5.99. The van der Waals surface area contributed by atoms with Gasteiger partial charge in [0.05, 0.1) is 25.6 Å². The van der Waals surface area contributed by atoms with E-state index in [-0.39, 0.29) is 0 Å². The summed E-state index contributed by atoms with van der Waals surface area (Å²) in [7, 11) is 0. The average Bonchev–Trinajstić information content (AvgIpc) is 2.67. The van der Waals surface area contributed by atoms with Crippen molar-refractivity contribution >= 4 is 0 Å². The van der Waals surface area contributed by atoms with Gasteiger partial charge in [0.1, 0.15) is 6.10 Å². The van der Waals surface area contributed by atoms with Crippen LogP contribution in [0.1, 0.15) is 19.8 Å². The quantitative estimate of drug-likeness (QED) is 0.734. The molecule has 78 valence electrons. The van der Waals surface area contributed by atoms with Crippen LogP contribution in [0, 0.1) is 0 Å². The van der Waals surface area contributed by atoms with Crippen molar-refractivity contribution in [1.82, 2.24) is 9.78 Å². The van der Waals surface area contributed by atoms with E-state index in [1.54, 1.807) is 6.20 Å². The zero-order chi connectivity index (χ0) is 9.80. The van der Waals surface area contributed by atoms with Gasteiger partial charge in [0.25, 0.3) is 0 Å². The first-order valence-corrected chi connectivity index (χ1v) is 5.15. The van der Waals surface area contributed by atoms with E-state index >= 15 is 0 Å². The predicted octanol–water partition coefficient (Wildman–Crippen LogP) is 1.46. The Morgan fingerprint density at radius 2 is 2.36 bits per heavy atom. The van der Waals surface area contributed by atoms with Gasteiger partial charge in [0, 0.05) is 19.4 Å². The second-order valence-electron chi connectivity index (χ2n) is 3.46. The topological polar surface area (TPSA) is 36.3 Å². The third kappa shape index (κ3) is 2.26. The largest absolute Gasteiger partial charge is 0.487 e. The molecule has 0 unspecified atom stereocenters. The molecule has 2 rings (SSSR count). The molecule has 0 bridgehead atoms. The van der Waals surface area contributed by atoms with Gasteiger partial charge >= 0.3 is 0 Å². The summed E-state index contributed by atoms with van der Waals surface area (Å²) >= 11 is 0. The fourth-order valence-corrected chi connectivity index (χ4v) is 1.56. The van der Waals surface area contributed by atoms with Crippen LogP contribution in [-0.2, 0) is 11.3 Å². The van der Waals surface area contributed by atoms with Gasteiger partial charge in [-0.05, 0) is 6.92 Å². The standard InChI is InChI=1S/C10H16N2O2/c1-2-12-8-10(7-11-12)14-9-3-5-13-6-4-9/h7-9H,2-6H2,1H3. The van der Waals surface area contributed by atoms with Crippen molar-refractivity contribution in [2.45, 2.75) is 32.4 Å². The number of hydrogen-bond acceptors (Lipinski definition) is 3. The molecule has 1 aromatic heterocycles. The maximum absolute atomic E-state index is 5.77. The van der Waals surface area contributed by atoms with Gasteiger partial charge in [-0.15, -0.1) is 0 Å². The smallest absolute Gasteiger partial charge is 0.157 e. The third-order valence-corrected chi connectivity index (χ3v) is 2.40. The number of rotatable bonds is 3. The van der Waals surface area contributed by atoms with Crippen molar-refractivity contribution in [3.63, 3.8) is 0 Å². The number of ether oxygens (including phenoxy) is 2. The van der Waals surface area contributed by atoms with Crippen LogP contribution in [0.5, 0.6) is 5.75 Å². The molecule has 1 saturated heterocycles. The molecule has 4 heteroatoms. The Labute approximate surface area is 83.8 Å².